The third kappa shape index (κ3) is 6.17. The normalized spacial score (nSPS) is 21.2. The van der Waals surface area contributed by atoms with E-state index in [1.165, 1.54) is 6.07 Å². The largest absolute Gasteiger partial charge is 0.375 e. The van der Waals surface area contributed by atoms with Gasteiger partial charge in [0.15, 0.2) is 0 Å². The topological polar surface area (TPSA) is 75.7 Å². The Morgan fingerprint density at radius 1 is 1.09 bits per heavy atom. The molecule has 1 amide bonds. The molecule has 0 radical (unpaired) electrons. The van der Waals surface area contributed by atoms with Crippen LogP contribution in [0.5, 0.6) is 0 Å². The van der Waals surface area contributed by atoms with Crippen molar-refractivity contribution in [3.05, 3.63) is 68.4 Å². The van der Waals surface area contributed by atoms with Gasteiger partial charge in [0.2, 0.25) is 10.0 Å². The third-order valence-electron chi connectivity index (χ3n) is 6.69. The summed E-state index contributed by atoms with van der Waals surface area (Å²) in [7, 11) is -3.74. The van der Waals surface area contributed by atoms with Gasteiger partial charge in [0.25, 0.3) is 5.91 Å². The van der Waals surface area contributed by atoms with E-state index < -0.39 is 27.0 Å². The first-order chi connectivity index (χ1) is 16.7. The monoisotopic (exact) mass is 540 g/mol. The molecule has 1 unspecified atom stereocenters. The Bertz CT molecular complexity index is 1230. The molecule has 1 atom stereocenters. The number of rotatable bonds is 8. The lowest BCUT2D eigenvalue weighted by Gasteiger charge is -2.33. The number of morpholine rings is 1. The van der Waals surface area contributed by atoms with E-state index in [9.17, 15) is 13.2 Å². The lowest BCUT2D eigenvalue weighted by Crippen LogP contribution is -2.43. The van der Waals surface area contributed by atoms with Crippen LogP contribution in [0.25, 0.3) is 0 Å². The number of nitrogens with zero attached hydrogens (tertiary/aromatic N) is 1. The van der Waals surface area contributed by atoms with E-state index in [0.29, 0.717) is 55.5 Å². The van der Waals surface area contributed by atoms with E-state index in [4.69, 9.17) is 27.9 Å². The van der Waals surface area contributed by atoms with E-state index in [1.807, 2.05) is 16.9 Å². The maximum absolute atomic E-state index is 15.0. The molecule has 5 rings (SSSR count). The molecule has 0 bridgehead atoms. The molecule has 3 aliphatic rings. The summed E-state index contributed by atoms with van der Waals surface area (Å²) in [4.78, 5) is 14.8. The molecular weight excluding hydrogens is 514 g/mol. The van der Waals surface area contributed by atoms with Gasteiger partial charge in [-0.2, -0.15) is 0 Å². The number of halogens is 3. The number of benzene rings is 2. The Hall–Kier alpha value is -1.71. The molecule has 2 saturated carbocycles. The van der Waals surface area contributed by atoms with Crippen molar-refractivity contribution in [2.75, 3.05) is 19.7 Å². The standard InChI is InChI=1S/C25H27Cl2FN2O4S/c26-18-7-15(8-19(27)11-18)9-20-14-30(5-6-34-20)13-17-10-24(28)23(12-22(17)16-1-2-16)25(31)29-35(32,33)21-3-4-21/h7-8,10-12,16,20-21H,1-6,9,13-14H2,(H,29,31). The van der Waals surface area contributed by atoms with Gasteiger partial charge in [-0.1, -0.05) is 23.2 Å². The van der Waals surface area contributed by atoms with Crippen molar-refractivity contribution in [2.45, 2.75) is 55.9 Å². The highest BCUT2D eigenvalue weighted by atomic mass is 35.5. The van der Waals surface area contributed by atoms with Crippen LogP contribution in [0.1, 0.15) is 58.6 Å². The van der Waals surface area contributed by atoms with Crippen molar-refractivity contribution < 1.29 is 22.3 Å². The summed E-state index contributed by atoms with van der Waals surface area (Å²) in [6, 6.07) is 8.40. The number of carbonyl (C=O) groups is 1. The molecule has 1 heterocycles. The molecule has 0 spiro atoms. The van der Waals surface area contributed by atoms with Gasteiger partial charge in [-0.25, -0.2) is 17.5 Å². The van der Waals surface area contributed by atoms with Crippen molar-refractivity contribution in [1.29, 1.82) is 0 Å². The predicted octanol–water partition coefficient (Wildman–Crippen LogP) is 4.68. The second-order valence-electron chi connectivity index (χ2n) is 9.69. The van der Waals surface area contributed by atoms with Gasteiger partial charge in [0, 0.05) is 29.7 Å². The molecule has 3 fully saturated rings. The molecule has 2 aromatic rings. The first-order valence-corrected chi connectivity index (χ1v) is 14.2. The van der Waals surface area contributed by atoms with E-state index in [2.05, 4.69) is 4.90 Å². The molecule has 2 aliphatic carbocycles. The van der Waals surface area contributed by atoms with Crippen molar-refractivity contribution in [2.24, 2.45) is 0 Å². The number of hydrogen-bond donors (Lipinski definition) is 1. The number of amides is 1. The molecule has 188 valence electrons. The summed E-state index contributed by atoms with van der Waals surface area (Å²) < 4.78 is 47.3. The summed E-state index contributed by atoms with van der Waals surface area (Å²) >= 11 is 12.3. The van der Waals surface area contributed by atoms with Gasteiger partial charge in [0.05, 0.1) is 23.5 Å². The second-order valence-corrected chi connectivity index (χ2v) is 12.5. The summed E-state index contributed by atoms with van der Waals surface area (Å²) in [6.07, 6.45) is 3.62. The van der Waals surface area contributed by atoms with Gasteiger partial charge >= 0.3 is 0 Å². The maximum atomic E-state index is 15.0. The highest BCUT2D eigenvalue weighted by Crippen LogP contribution is 2.43. The van der Waals surface area contributed by atoms with Crippen LogP contribution in [-0.4, -0.2) is 50.3 Å². The van der Waals surface area contributed by atoms with Crippen LogP contribution in [0.2, 0.25) is 10.0 Å². The van der Waals surface area contributed by atoms with Crippen LogP contribution in [0.15, 0.2) is 30.3 Å². The van der Waals surface area contributed by atoms with E-state index in [1.54, 1.807) is 12.1 Å². The Morgan fingerprint density at radius 3 is 2.46 bits per heavy atom. The van der Waals surface area contributed by atoms with Gasteiger partial charge in [0.1, 0.15) is 5.82 Å². The summed E-state index contributed by atoms with van der Waals surface area (Å²) in [5, 5.41) is 0.617. The zero-order valence-corrected chi connectivity index (χ0v) is 21.4. The Balaban J connectivity index is 1.30. The molecule has 0 aromatic heterocycles. The Morgan fingerprint density at radius 2 is 1.80 bits per heavy atom. The van der Waals surface area contributed by atoms with Gasteiger partial charge < -0.3 is 4.74 Å². The fraction of sp³-hybridized carbons (Fsp3) is 0.480. The van der Waals surface area contributed by atoms with Crippen molar-refractivity contribution >= 4 is 39.1 Å². The van der Waals surface area contributed by atoms with Crippen LogP contribution in [-0.2, 0) is 27.7 Å². The number of nitrogens with one attached hydrogen (secondary N) is 1. The zero-order chi connectivity index (χ0) is 24.7. The molecule has 6 nitrogen and oxygen atoms in total. The number of carbonyl (C=O) groups excluding carboxylic acids is 1. The molecular formula is C25H27Cl2FN2O4S. The lowest BCUT2D eigenvalue weighted by molar-refractivity contribution is -0.0305. The van der Waals surface area contributed by atoms with E-state index in [-0.39, 0.29) is 17.6 Å². The van der Waals surface area contributed by atoms with Crippen molar-refractivity contribution in [1.82, 2.24) is 9.62 Å². The third-order valence-corrected chi connectivity index (χ3v) is 8.95. The molecule has 35 heavy (non-hydrogen) atoms. The van der Waals surface area contributed by atoms with E-state index >= 15 is 4.39 Å². The Kier molecular flexibility index (Phi) is 7.12. The van der Waals surface area contributed by atoms with Crippen LogP contribution >= 0.6 is 23.2 Å². The van der Waals surface area contributed by atoms with Gasteiger partial charge in [-0.15, -0.1) is 0 Å². The summed E-state index contributed by atoms with van der Waals surface area (Å²) in [5.74, 6) is -1.33. The zero-order valence-electron chi connectivity index (χ0n) is 19.1. The minimum atomic E-state index is -3.74. The van der Waals surface area contributed by atoms with Crippen LogP contribution in [0.4, 0.5) is 4.39 Å². The quantitative estimate of drug-likeness (QED) is 0.526. The van der Waals surface area contributed by atoms with Crippen LogP contribution in [0, 0.1) is 5.82 Å². The summed E-state index contributed by atoms with van der Waals surface area (Å²) in [5.41, 5.74) is 2.54. The van der Waals surface area contributed by atoms with Crippen molar-refractivity contribution in [3.63, 3.8) is 0 Å². The first kappa shape index (κ1) is 25.0. The molecule has 2 aromatic carbocycles. The van der Waals surface area contributed by atoms with Gasteiger partial charge in [-0.3, -0.25) is 9.69 Å². The smallest absolute Gasteiger partial charge is 0.267 e. The molecule has 1 aliphatic heterocycles. The average molecular weight is 541 g/mol. The number of hydrogen-bond acceptors (Lipinski definition) is 5. The highest BCUT2D eigenvalue weighted by Gasteiger charge is 2.38. The van der Waals surface area contributed by atoms with Crippen molar-refractivity contribution in [3.8, 4) is 0 Å². The van der Waals surface area contributed by atoms with E-state index in [0.717, 1.165) is 29.5 Å². The van der Waals surface area contributed by atoms with Gasteiger partial charge in [-0.05, 0) is 85.0 Å². The maximum Gasteiger partial charge on any atom is 0.267 e. The minimum absolute atomic E-state index is 0.0508. The Labute approximate surface area is 214 Å². The fourth-order valence-corrected chi connectivity index (χ4v) is 6.51. The predicted molar refractivity (Wildman–Crippen MR) is 133 cm³/mol. The fourth-order valence-electron chi connectivity index (χ4n) is 4.64. The minimum Gasteiger partial charge on any atom is -0.375 e. The molecule has 1 N–H and O–H groups in total. The highest BCUT2D eigenvalue weighted by molar-refractivity contribution is 7.91. The molecule has 1 saturated heterocycles. The number of ether oxygens (including phenoxy) is 1. The number of sulfonamides is 1. The second kappa shape index (κ2) is 9.98. The SMILES string of the molecule is O=C(NS(=O)(=O)C1CC1)c1cc(C2CC2)c(CN2CCOC(Cc3cc(Cl)cc(Cl)c3)C2)cc1F. The lowest BCUT2D eigenvalue weighted by atomic mass is 9.98. The average Bonchev–Trinajstić information content (AvgIpc) is 3.66. The molecule has 10 heteroatoms. The summed E-state index contributed by atoms with van der Waals surface area (Å²) in [6.45, 7) is 2.46. The first-order valence-electron chi connectivity index (χ1n) is 11.8. The van der Waals surface area contributed by atoms with Crippen LogP contribution in [0.3, 0.4) is 0 Å². The van der Waals surface area contributed by atoms with Crippen LogP contribution < -0.4 is 4.72 Å².